The number of amides is 1. The van der Waals surface area contributed by atoms with E-state index in [2.05, 4.69) is 26.3 Å². The number of anilines is 1. The number of nitriles is 1. The van der Waals surface area contributed by atoms with Crippen molar-refractivity contribution in [2.24, 2.45) is 0 Å². The third-order valence-corrected chi connectivity index (χ3v) is 6.29. The fourth-order valence-electron chi connectivity index (χ4n) is 4.44. The molecule has 1 aliphatic rings. The Morgan fingerprint density at radius 2 is 2.03 bits per heavy atom. The van der Waals surface area contributed by atoms with Crippen LogP contribution in [-0.4, -0.2) is 49.9 Å². The Morgan fingerprint density at radius 1 is 1.28 bits per heavy atom. The predicted octanol–water partition coefficient (Wildman–Crippen LogP) is 3.68. The molecule has 11 heteroatoms. The number of alkyl carbamates (subject to hydrolysis) is 1. The number of rotatable bonds is 5. The molecule has 1 amide bonds. The van der Waals surface area contributed by atoms with Crippen LogP contribution in [0.5, 0.6) is 0 Å². The fraction of sp³-hybridized carbons (Fsp3) is 0.480. The van der Waals surface area contributed by atoms with Gasteiger partial charge in [-0.2, -0.15) is 15.2 Å². The third-order valence-electron chi connectivity index (χ3n) is 6.01. The summed E-state index contributed by atoms with van der Waals surface area (Å²) in [6, 6.07) is 9.11. The van der Waals surface area contributed by atoms with Gasteiger partial charge in [-0.3, -0.25) is 9.36 Å². The molecular formula is C25H30ClN7O3. The minimum absolute atomic E-state index is 0.00987. The molecule has 2 aromatic heterocycles. The zero-order chi connectivity index (χ0) is 26.0. The summed E-state index contributed by atoms with van der Waals surface area (Å²) in [5, 5.41) is 12.4. The molecule has 1 saturated heterocycles. The molecule has 0 saturated carbocycles. The Bertz CT molecular complexity index is 1380. The number of benzene rings is 1. The molecule has 0 radical (unpaired) electrons. The van der Waals surface area contributed by atoms with Crippen LogP contribution in [0.1, 0.15) is 51.7 Å². The van der Waals surface area contributed by atoms with Gasteiger partial charge in [0.25, 0.3) is 5.56 Å². The van der Waals surface area contributed by atoms with Crippen molar-refractivity contribution in [3.63, 3.8) is 0 Å². The van der Waals surface area contributed by atoms with E-state index >= 15 is 0 Å². The van der Waals surface area contributed by atoms with Gasteiger partial charge in [0.1, 0.15) is 5.60 Å². The first-order valence-corrected chi connectivity index (χ1v) is 12.4. The summed E-state index contributed by atoms with van der Waals surface area (Å²) in [6.45, 7) is 9.30. The van der Waals surface area contributed by atoms with Crippen molar-refractivity contribution in [2.45, 2.75) is 65.3 Å². The SMILES string of the molecule is CCn1c(N2CCCC(NC(=O)OC(C)(C)C)C2)nc2nc(Cl)n(Cc3ccccc3C#N)c(=O)c21. The average molecular weight is 512 g/mol. The van der Waals surface area contributed by atoms with E-state index in [1.54, 1.807) is 18.2 Å². The summed E-state index contributed by atoms with van der Waals surface area (Å²) in [6.07, 6.45) is 1.21. The maximum absolute atomic E-state index is 13.6. The Kier molecular flexibility index (Phi) is 7.22. The van der Waals surface area contributed by atoms with Gasteiger partial charge in [-0.1, -0.05) is 18.2 Å². The molecule has 3 aromatic rings. The first-order valence-electron chi connectivity index (χ1n) is 12.0. The van der Waals surface area contributed by atoms with Crippen LogP contribution in [0.15, 0.2) is 29.1 Å². The standard InChI is InChI=1S/C25H30ClN7O3/c1-5-32-19-20(29-22(26)33(21(19)34)14-17-10-7-6-9-16(17)13-27)30-23(32)31-12-8-11-18(15-31)28-24(35)36-25(2,3)4/h6-7,9-10,18H,5,8,11-12,14-15H2,1-4H3,(H,28,35). The largest absolute Gasteiger partial charge is 0.444 e. The van der Waals surface area contributed by atoms with E-state index in [9.17, 15) is 14.9 Å². The quantitative estimate of drug-likeness (QED) is 0.519. The zero-order valence-corrected chi connectivity index (χ0v) is 21.7. The number of carbonyl (C=O) groups is 1. The van der Waals surface area contributed by atoms with Crippen LogP contribution in [0.25, 0.3) is 11.2 Å². The molecule has 1 N–H and O–H groups in total. The molecule has 0 aliphatic carbocycles. The molecule has 1 unspecified atom stereocenters. The Labute approximate surface area is 214 Å². The lowest BCUT2D eigenvalue weighted by atomic mass is 10.1. The molecular weight excluding hydrogens is 482 g/mol. The molecule has 0 spiro atoms. The first kappa shape index (κ1) is 25.5. The van der Waals surface area contributed by atoms with Crippen molar-refractivity contribution in [3.8, 4) is 6.07 Å². The number of aromatic nitrogens is 4. The molecule has 1 atom stereocenters. The molecule has 4 rings (SSSR count). The maximum atomic E-state index is 13.6. The molecule has 10 nitrogen and oxygen atoms in total. The third kappa shape index (κ3) is 5.31. The number of nitrogens with one attached hydrogen (secondary N) is 1. The number of halogens is 1. The van der Waals surface area contributed by atoms with Gasteiger partial charge in [-0.15, -0.1) is 0 Å². The second-order valence-electron chi connectivity index (χ2n) is 9.80. The number of aryl methyl sites for hydroxylation is 1. The van der Waals surface area contributed by atoms with Crippen LogP contribution in [0, 0.1) is 11.3 Å². The normalized spacial score (nSPS) is 16.1. The van der Waals surface area contributed by atoms with E-state index in [-0.39, 0.29) is 29.1 Å². The topological polar surface area (TPSA) is 118 Å². The lowest BCUT2D eigenvalue weighted by molar-refractivity contribution is 0.0499. The van der Waals surface area contributed by atoms with E-state index in [1.165, 1.54) is 4.57 Å². The van der Waals surface area contributed by atoms with Gasteiger partial charge in [0, 0.05) is 25.7 Å². The molecule has 1 fully saturated rings. The van der Waals surface area contributed by atoms with Gasteiger partial charge in [0.05, 0.1) is 18.2 Å². The lowest BCUT2D eigenvalue weighted by Gasteiger charge is -2.34. The van der Waals surface area contributed by atoms with Gasteiger partial charge < -0.3 is 19.5 Å². The summed E-state index contributed by atoms with van der Waals surface area (Å²) in [5.41, 5.74) is 0.885. The van der Waals surface area contributed by atoms with Gasteiger partial charge in [-0.25, -0.2) is 4.79 Å². The molecule has 0 bridgehead atoms. The van der Waals surface area contributed by atoms with Crippen molar-refractivity contribution >= 4 is 34.8 Å². The number of carbonyl (C=O) groups excluding carboxylic acids is 1. The maximum Gasteiger partial charge on any atom is 0.407 e. The highest BCUT2D eigenvalue weighted by molar-refractivity contribution is 6.28. The van der Waals surface area contributed by atoms with Crippen molar-refractivity contribution in [2.75, 3.05) is 18.0 Å². The predicted molar refractivity (Wildman–Crippen MR) is 137 cm³/mol. The highest BCUT2D eigenvalue weighted by Crippen LogP contribution is 2.24. The fourth-order valence-corrected chi connectivity index (χ4v) is 4.66. The van der Waals surface area contributed by atoms with Crippen LogP contribution in [0.3, 0.4) is 0 Å². The lowest BCUT2D eigenvalue weighted by Crippen LogP contribution is -2.49. The van der Waals surface area contributed by atoms with E-state index in [0.29, 0.717) is 35.7 Å². The highest BCUT2D eigenvalue weighted by atomic mass is 35.5. The van der Waals surface area contributed by atoms with Crippen LogP contribution in [0.2, 0.25) is 5.28 Å². The number of hydrogen-bond acceptors (Lipinski definition) is 7. The second kappa shape index (κ2) is 10.2. The Morgan fingerprint density at radius 3 is 2.72 bits per heavy atom. The van der Waals surface area contributed by atoms with Crippen LogP contribution < -0.4 is 15.8 Å². The summed E-state index contributed by atoms with van der Waals surface area (Å²) < 4.78 is 8.60. The number of fused-ring (bicyclic) bond motifs is 1. The summed E-state index contributed by atoms with van der Waals surface area (Å²) in [7, 11) is 0. The number of piperidine rings is 1. The minimum atomic E-state index is -0.576. The van der Waals surface area contributed by atoms with Crippen molar-refractivity contribution in [3.05, 3.63) is 51.0 Å². The number of nitrogens with zero attached hydrogens (tertiary/aromatic N) is 6. The Hall–Kier alpha value is -3.58. The van der Waals surface area contributed by atoms with Crippen molar-refractivity contribution in [1.82, 2.24) is 24.4 Å². The molecule has 190 valence electrons. The van der Waals surface area contributed by atoms with E-state index in [0.717, 1.165) is 19.4 Å². The number of hydrogen-bond donors (Lipinski definition) is 1. The zero-order valence-electron chi connectivity index (χ0n) is 20.9. The van der Waals surface area contributed by atoms with Gasteiger partial charge >= 0.3 is 6.09 Å². The van der Waals surface area contributed by atoms with E-state index in [1.807, 2.05) is 38.3 Å². The monoisotopic (exact) mass is 511 g/mol. The van der Waals surface area contributed by atoms with Crippen LogP contribution in [-0.2, 0) is 17.8 Å². The van der Waals surface area contributed by atoms with Crippen molar-refractivity contribution < 1.29 is 9.53 Å². The molecule has 3 heterocycles. The minimum Gasteiger partial charge on any atom is -0.444 e. The molecule has 36 heavy (non-hydrogen) atoms. The summed E-state index contributed by atoms with van der Waals surface area (Å²) in [4.78, 5) is 37.0. The smallest absolute Gasteiger partial charge is 0.407 e. The van der Waals surface area contributed by atoms with E-state index in [4.69, 9.17) is 16.3 Å². The molecule has 1 aliphatic heterocycles. The average Bonchev–Trinajstić information content (AvgIpc) is 3.19. The Balaban J connectivity index is 1.66. The van der Waals surface area contributed by atoms with Gasteiger partial charge in [-0.05, 0) is 63.8 Å². The van der Waals surface area contributed by atoms with E-state index < -0.39 is 11.7 Å². The highest BCUT2D eigenvalue weighted by Gasteiger charge is 2.28. The number of ether oxygens (including phenoxy) is 1. The summed E-state index contributed by atoms with van der Waals surface area (Å²) >= 11 is 6.42. The van der Waals surface area contributed by atoms with Gasteiger partial charge in [0.15, 0.2) is 11.2 Å². The first-order chi connectivity index (χ1) is 17.1. The number of imidazole rings is 1. The van der Waals surface area contributed by atoms with Crippen LogP contribution >= 0.6 is 11.6 Å². The van der Waals surface area contributed by atoms with Crippen LogP contribution in [0.4, 0.5) is 10.7 Å². The summed E-state index contributed by atoms with van der Waals surface area (Å²) in [5.74, 6) is 0.610. The molecule has 1 aromatic carbocycles. The van der Waals surface area contributed by atoms with Gasteiger partial charge in [0.2, 0.25) is 11.2 Å². The van der Waals surface area contributed by atoms with Crippen molar-refractivity contribution in [1.29, 1.82) is 5.26 Å². The second-order valence-corrected chi connectivity index (χ2v) is 10.1.